The molecule has 0 aromatic heterocycles. The van der Waals surface area contributed by atoms with Gasteiger partial charge in [0.25, 0.3) is 0 Å². The topological polar surface area (TPSA) is 52.0 Å². The predicted molar refractivity (Wildman–Crippen MR) is 94.2 cm³/mol. The fraction of sp³-hybridized carbons (Fsp3) is 0.800. The summed E-state index contributed by atoms with van der Waals surface area (Å²) in [6.07, 6.45) is 19.2. The van der Waals surface area contributed by atoms with Gasteiger partial charge in [-0.1, -0.05) is 57.6 Å². The summed E-state index contributed by atoms with van der Waals surface area (Å²) in [5, 5.41) is 0. The normalized spacial score (nSPS) is 34.0. The van der Waals surface area contributed by atoms with Crippen molar-refractivity contribution in [3.8, 4) is 0 Å². The third-order valence-electron chi connectivity index (χ3n) is 6.60. The van der Waals surface area contributed by atoms with E-state index in [1.165, 1.54) is 81.9 Å². The molecule has 124 valence electrons. The van der Waals surface area contributed by atoms with Gasteiger partial charge >= 0.3 is 0 Å². The van der Waals surface area contributed by atoms with E-state index in [1.807, 2.05) is 0 Å². The van der Waals surface area contributed by atoms with E-state index in [9.17, 15) is 0 Å². The van der Waals surface area contributed by atoms with Crippen molar-refractivity contribution in [1.29, 1.82) is 0 Å². The van der Waals surface area contributed by atoms with Crippen LogP contribution in [0.5, 0.6) is 0 Å². The Balaban J connectivity index is 1.97. The highest BCUT2D eigenvalue weighted by Crippen LogP contribution is 2.52. The van der Waals surface area contributed by atoms with Crippen LogP contribution in [0.25, 0.3) is 0 Å². The smallest absolute Gasteiger partial charge is 0.0463 e. The van der Waals surface area contributed by atoms with Crippen LogP contribution in [0.2, 0.25) is 0 Å². The standard InChI is InChI=1S/C20H34N2/c1-2-3-13-20(16-10-6-7-11-16)14-12-17(21)18(19(20)22)15-8-4-5-9-15/h12,14-17H,2-11,13,21-22H2,1H3. The summed E-state index contributed by atoms with van der Waals surface area (Å²) in [5.74, 6) is 1.40. The zero-order valence-corrected chi connectivity index (χ0v) is 14.3. The van der Waals surface area contributed by atoms with E-state index in [0.717, 1.165) is 5.92 Å². The second-order valence-electron chi connectivity index (χ2n) is 7.86. The van der Waals surface area contributed by atoms with Gasteiger partial charge in [0.1, 0.15) is 0 Å². The van der Waals surface area contributed by atoms with Gasteiger partial charge in [-0.05, 0) is 49.5 Å². The van der Waals surface area contributed by atoms with Gasteiger partial charge in [0.2, 0.25) is 0 Å². The molecule has 0 aromatic rings. The number of allylic oxidation sites excluding steroid dienone is 1. The van der Waals surface area contributed by atoms with Gasteiger partial charge in [0, 0.05) is 17.2 Å². The first-order valence-electron chi connectivity index (χ1n) is 9.64. The molecule has 0 aliphatic heterocycles. The van der Waals surface area contributed by atoms with E-state index in [4.69, 9.17) is 11.5 Å². The summed E-state index contributed by atoms with van der Waals surface area (Å²) in [6.45, 7) is 2.29. The van der Waals surface area contributed by atoms with Crippen molar-refractivity contribution in [2.75, 3.05) is 0 Å². The van der Waals surface area contributed by atoms with Gasteiger partial charge < -0.3 is 11.5 Å². The van der Waals surface area contributed by atoms with Crippen LogP contribution < -0.4 is 11.5 Å². The van der Waals surface area contributed by atoms with Crippen LogP contribution in [0.4, 0.5) is 0 Å². The minimum absolute atomic E-state index is 0.0688. The largest absolute Gasteiger partial charge is 0.401 e. The van der Waals surface area contributed by atoms with E-state index in [0.29, 0.717) is 5.92 Å². The molecule has 3 aliphatic carbocycles. The first kappa shape index (κ1) is 16.1. The average Bonchev–Trinajstić information content (AvgIpc) is 3.20. The Kier molecular flexibility index (Phi) is 4.97. The first-order valence-corrected chi connectivity index (χ1v) is 9.64. The molecular weight excluding hydrogens is 268 g/mol. The molecule has 2 heteroatoms. The summed E-state index contributed by atoms with van der Waals surface area (Å²) in [4.78, 5) is 0. The zero-order chi connectivity index (χ0) is 15.6. The highest BCUT2D eigenvalue weighted by atomic mass is 14.7. The van der Waals surface area contributed by atoms with Gasteiger partial charge in [-0.2, -0.15) is 0 Å². The van der Waals surface area contributed by atoms with Crippen molar-refractivity contribution in [2.24, 2.45) is 28.7 Å². The van der Waals surface area contributed by atoms with Crippen molar-refractivity contribution in [2.45, 2.75) is 83.6 Å². The van der Waals surface area contributed by atoms with Crippen LogP contribution in [-0.2, 0) is 0 Å². The third kappa shape index (κ3) is 2.75. The summed E-state index contributed by atoms with van der Waals surface area (Å²) >= 11 is 0. The highest BCUT2D eigenvalue weighted by Gasteiger charge is 2.44. The minimum atomic E-state index is 0.0688. The zero-order valence-electron chi connectivity index (χ0n) is 14.3. The lowest BCUT2D eigenvalue weighted by molar-refractivity contribution is 0.244. The molecule has 4 N–H and O–H groups in total. The molecule has 2 fully saturated rings. The molecule has 0 saturated heterocycles. The van der Waals surface area contributed by atoms with Gasteiger partial charge in [0.05, 0.1) is 0 Å². The minimum Gasteiger partial charge on any atom is -0.401 e. The fourth-order valence-electron chi connectivity index (χ4n) is 5.33. The summed E-state index contributed by atoms with van der Waals surface area (Å²) in [6, 6.07) is 0.0688. The molecule has 2 saturated carbocycles. The van der Waals surface area contributed by atoms with Crippen LogP contribution in [0, 0.1) is 17.3 Å². The molecule has 0 bridgehead atoms. The Morgan fingerprint density at radius 2 is 1.73 bits per heavy atom. The van der Waals surface area contributed by atoms with Crippen LogP contribution in [0.3, 0.4) is 0 Å². The first-order chi connectivity index (χ1) is 10.7. The molecule has 2 nitrogen and oxygen atoms in total. The van der Waals surface area contributed by atoms with Crippen LogP contribution in [0.1, 0.15) is 77.6 Å². The molecular formula is C20H34N2. The van der Waals surface area contributed by atoms with Crippen molar-refractivity contribution in [1.82, 2.24) is 0 Å². The molecule has 0 aromatic carbocycles. The number of hydrogen-bond acceptors (Lipinski definition) is 2. The number of hydrogen-bond donors (Lipinski definition) is 2. The van der Waals surface area contributed by atoms with Crippen molar-refractivity contribution in [3.63, 3.8) is 0 Å². The molecule has 0 spiro atoms. The third-order valence-corrected chi connectivity index (χ3v) is 6.60. The molecule has 0 radical (unpaired) electrons. The Hall–Kier alpha value is -0.760. The van der Waals surface area contributed by atoms with Gasteiger partial charge in [-0.25, -0.2) is 0 Å². The maximum Gasteiger partial charge on any atom is 0.0463 e. The maximum atomic E-state index is 6.90. The van der Waals surface area contributed by atoms with Crippen LogP contribution in [0.15, 0.2) is 23.4 Å². The van der Waals surface area contributed by atoms with E-state index in [2.05, 4.69) is 19.1 Å². The van der Waals surface area contributed by atoms with Crippen LogP contribution in [-0.4, -0.2) is 6.04 Å². The SMILES string of the molecule is CCCCC1(C2CCCC2)C=CC(N)C(C2CCCC2)=C1N. The summed E-state index contributed by atoms with van der Waals surface area (Å²) in [5.41, 5.74) is 16.1. The lowest BCUT2D eigenvalue weighted by Crippen LogP contribution is -2.42. The Labute approximate surface area is 136 Å². The average molecular weight is 303 g/mol. The quantitative estimate of drug-likeness (QED) is 0.726. The van der Waals surface area contributed by atoms with Crippen LogP contribution >= 0.6 is 0 Å². The Morgan fingerprint density at radius 3 is 2.36 bits per heavy atom. The fourth-order valence-corrected chi connectivity index (χ4v) is 5.33. The molecule has 3 rings (SSSR count). The van der Waals surface area contributed by atoms with Gasteiger partial charge in [-0.3, -0.25) is 0 Å². The maximum absolute atomic E-state index is 6.90. The molecule has 2 atom stereocenters. The van der Waals surface area contributed by atoms with Gasteiger partial charge in [-0.15, -0.1) is 0 Å². The molecule has 2 unspecified atom stereocenters. The van der Waals surface area contributed by atoms with Crippen molar-refractivity contribution < 1.29 is 0 Å². The molecule has 0 heterocycles. The molecule has 22 heavy (non-hydrogen) atoms. The summed E-state index contributed by atoms with van der Waals surface area (Å²) in [7, 11) is 0. The van der Waals surface area contributed by atoms with Crippen molar-refractivity contribution >= 4 is 0 Å². The van der Waals surface area contributed by atoms with E-state index < -0.39 is 0 Å². The van der Waals surface area contributed by atoms with Gasteiger partial charge in [0.15, 0.2) is 0 Å². The second-order valence-corrected chi connectivity index (χ2v) is 7.86. The summed E-state index contributed by atoms with van der Waals surface area (Å²) < 4.78 is 0. The van der Waals surface area contributed by atoms with E-state index in [-0.39, 0.29) is 11.5 Å². The van der Waals surface area contributed by atoms with E-state index in [1.54, 1.807) is 0 Å². The number of rotatable bonds is 5. The number of nitrogens with two attached hydrogens (primary N) is 2. The highest BCUT2D eigenvalue weighted by molar-refractivity contribution is 5.39. The molecule has 0 amide bonds. The predicted octanol–water partition coefficient (Wildman–Crippen LogP) is 4.65. The van der Waals surface area contributed by atoms with E-state index >= 15 is 0 Å². The van der Waals surface area contributed by atoms with Crippen molar-refractivity contribution in [3.05, 3.63) is 23.4 Å². The Bertz CT molecular complexity index is 439. The second kappa shape index (κ2) is 6.78. The Morgan fingerprint density at radius 1 is 1.09 bits per heavy atom. The number of unbranched alkanes of at least 4 members (excludes halogenated alkanes) is 1. The lowest BCUT2D eigenvalue weighted by Gasteiger charge is -2.43. The lowest BCUT2D eigenvalue weighted by atomic mass is 9.63. The monoisotopic (exact) mass is 302 g/mol. The molecule has 3 aliphatic rings.